The minimum absolute atomic E-state index is 0.190. The molecule has 1 N–H and O–H groups in total. The summed E-state index contributed by atoms with van der Waals surface area (Å²) in [4.78, 5) is 29.7. The number of aromatic nitrogens is 1. The molecule has 0 aliphatic carbocycles. The van der Waals surface area contributed by atoms with Crippen LogP contribution in [0.15, 0.2) is 41.7 Å². The maximum Gasteiger partial charge on any atom is 0.254 e. The zero-order valence-electron chi connectivity index (χ0n) is 12.3. The first-order valence-corrected chi connectivity index (χ1v) is 8.10. The van der Waals surface area contributed by atoms with E-state index in [0.717, 1.165) is 10.6 Å². The molecule has 0 saturated carbocycles. The highest BCUT2D eigenvalue weighted by molar-refractivity contribution is 7.16. The minimum atomic E-state index is -0.263. The van der Waals surface area contributed by atoms with Gasteiger partial charge >= 0.3 is 0 Å². The molecular formula is C16H17ClN2O2S. The molecule has 2 rings (SSSR count). The minimum Gasteiger partial charge on any atom is -0.330 e. The SMILES string of the molecule is C=CCN(Cc1ccc(Cl)s1)C(=O)c1cc(CC)[nH]c(=O)c1. The van der Waals surface area contributed by atoms with Crippen molar-refractivity contribution in [1.82, 2.24) is 9.88 Å². The van der Waals surface area contributed by atoms with Crippen molar-refractivity contribution in [3.63, 3.8) is 0 Å². The zero-order valence-corrected chi connectivity index (χ0v) is 13.8. The van der Waals surface area contributed by atoms with Gasteiger partial charge in [0, 0.05) is 28.7 Å². The molecule has 0 aliphatic heterocycles. The van der Waals surface area contributed by atoms with Gasteiger partial charge in [0.25, 0.3) is 5.91 Å². The van der Waals surface area contributed by atoms with Crippen LogP contribution in [0.3, 0.4) is 0 Å². The number of hydrogen-bond acceptors (Lipinski definition) is 3. The van der Waals surface area contributed by atoms with E-state index in [1.54, 1.807) is 23.1 Å². The van der Waals surface area contributed by atoms with E-state index in [-0.39, 0.29) is 11.5 Å². The number of nitrogens with one attached hydrogen (secondary N) is 1. The zero-order chi connectivity index (χ0) is 16.1. The number of pyridine rings is 1. The molecule has 4 nitrogen and oxygen atoms in total. The van der Waals surface area contributed by atoms with E-state index in [9.17, 15) is 9.59 Å². The van der Waals surface area contributed by atoms with Crippen molar-refractivity contribution in [2.24, 2.45) is 0 Å². The normalized spacial score (nSPS) is 10.5. The van der Waals surface area contributed by atoms with Crippen LogP contribution < -0.4 is 5.56 Å². The Hall–Kier alpha value is -1.85. The summed E-state index contributed by atoms with van der Waals surface area (Å²) in [7, 11) is 0. The maximum atomic E-state index is 12.7. The van der Waals surface area contributed by atoms with Crippen molar-refractivity contribution < 1.29 is 4.79 Å². The Kier molecular flexibility index (Phi) is 5.57. The molecule has 2 aromatic rings. The Bertz CT molecular complexity index is 736. The predicted molar refractivity (Wildman–Crippen MR) is 90.7 cm³/mol. The molecule has 0 aromatic carbocycles. The summed E-state index contributed by atoms with van der Waals surface area (Å²) in [6.07, 6.45) is 2.33. The smallest absolute Gasteiger partial charge is 0.254 e. The molecule has 0 saturated heterocycles. The van der Waals surface area contributed by atoms with Crippen LogP contribution in [0.25, 0.3) is 0 Å². The van der Waals surface area contributed by atoms with E-state index in [4.69, 9.17) is 11.6 Å². The topological polar surface area (TPSA) is 53.2 Å². The molecule has 0 unspecified atom stereocenters. The van der Waals surface area contributed by atoms with Crippen LogP contribution in [0.2, 0.25) is 4.34 Å². The van der Waals surface area contributed by atoms with E-state index >= 15 is 0 Å². The highest BCUT2D eigenvalue weighted by atomic mass is 35.5. The van der Waals surface area contributed by atoms with Crippen LogP contribution in [-0.2, 0) is 13.0 Å². The molecule has 1 amide bonds. The number of amides is 1. The highest BCUT2D eigenvalue weighted by Gasteiger charge is 2.17. The standard InChI is InChI=1S/C16H17ClN2O2S/c1-3-7-19(10-13-5-6-14(17)22-13)16(21)11-8-12(4-2)18-15(20)9-11/h3,5-6,8-9H,1,4,7,10H2,2H3,(H,18,20). The van der Waals surface area contributed by atoms with Crippen LogP contribution in [0.1, 0.15) is 27.9 Å². The lowest BCUT2D eigenvalue weighted by atomic mass is 10.1. The summed E-state index contributed by atoms with van der Waals surface area (Å²) < 4.78 is 0.686. The van der Waals surface area contributed by atoms with Crippen LogP contribution in [0.5, 0.6) is 0 Å². The molecule has 0 spiro atoms. The van der Waals surface area contributed by atoms with Crippen molar-refractivity contribution in [1.29, 1.82) is 0 Å². The number of halogens is 1. The van der Waals surface area contributed by atoms with Gasteiger partial charge in [-0.15, -0.1) is 17.9 Å². The van der Waals surface area contributed by atoms with Crippen molar-refractivity contribution in [2.75, 3.05) is 6.54 Å². The average molecular weight is 337 g/mol. The average Bonchev–Trinajstić information content (AvgIpc) is 2.90. The molecule has 0 atom stereocenters. The van der Waals surface area contributed by atoms with E-state index < -0.39 is 0 Å². The van der Waals surface area contributed by atoms with E-state index in [1.807, 2.05) is 13.0 Å². The second-order valence-electron chi connectivity index (χ2n) is 4.79. The Morgan fingerprint density at radius 2 is 2.23 bits per heavy atom. The third-order valence-corrected chi connectivity index (χ3v) is 4.36. The Labute approximate surface area is 138 Å². The summed E-state index contributed by atoms with van der Waals surface area (Å²) >= 11 is 7.36. The largest absolute Gasteiger partial charge is 0.330 e. The van der Waals surface area contributed by atoms with Gasteiger partial charge in [-0.2, -0.15) is 0 Å². The Morgan fingerprint density at radius 3 is 2.82 bits per heavy atom. The lowest BCUT2D eigenvalue weighted by Gasteiger charge is -2.20. The molecule has 2 aromatic heterocycles. The van der Waals surface area contributed by atoms with E-state index in [0.29, 0.717) is 29.4 Å². The molecule has 0 fully saturated rings. The number of aromatic amines is 1. The number of nitrogens with zero attached hydrogens (tertiary/aromatic N) is 1. The highest BCUT2D eigenvalue weighted by Crippen LogP contribution is 2.23. The number of aryl methyl sites for hydroxylation is 1. The van der Waals surface area contributed by atoms with Crippen molar-refractivity contribution >= 4 is 28.8 Å². The van der Waals surface area contributed by atoms with Crippen LogP contribution >= 0.6 is 22.9 Å². The van der Waals surface area contributed by atoms with Crippen LogP contribution in [0, 0.1) is 0 Å². The summed E-state index contributed by atoms with van der Waals surface area (Å²) in [5.41, 5.74) is 0.874. The summed E-state index contributed by atoms with van der Waals surface area (Å²) in [6.45, 7) is 6.46. The number of carbonyl (C=O) groups is 1. The number of hydrogen-bond donors (Lipinski definition) is 1. The third kappa shape index (κ3) is 4.08. The summed E-state index contributed by atoms with van der Waals surface area (Å²) in [5, 5.41) is 0. The number of H-pyrrole nitrogens is 1. The molecule has 6 heteroatoms. The lowest BCUT2D eigenvalue weighted by molar-refractivity contribution is 0.0764. The first kappa shape index (κ1) is 16.5. The Balaban J connectivity index is 2.27. The van der Waals surface area contributed by atoms with Gasteiger partial charge in [-0.05, 0) is 24.6 Å². The molecule has 0 aliphatic rings. The number of carbonyl (C=O) groups excluding carboxylic acids is 1. The van der Waals surface area contributed by atoms with Gasteiger partial charge in [0.15, 0.2) is 0 Å². The van der Waals surface area contributed by atoms with Gasteiger partial charge in [0.05, 0.1) is 10.9 Å². The second kappa shape index (κ2) is 7.42. The molecule has 116 valence electrons. The van der Waals surface area contributed by atoms with E-state index in [1.165, 1.54) is 17.4 Å². The third-order valence-electron chi connectivity index (χ3n) is 3.14. The van der Waals surface area contributed by atoms with Crippen molar-refractivity contribution in [3.8, 4) is 0 Å². The van der Waals surface area contributed by atoms with Gasteiger partial charge in [0.1, 0.15) is 0 Å². The molecule has 22 heavy (non-hydrogen) atoms. The number of thiophene rings is 1. The van der Waals surface area contributed by atoms with Crippen LogP contribution in [-0.4, -0.2) is 22.3 Å². The van der Waals surface area contributed by atoms with Gasteiger partial charge in [-0.25, -0.2) is 0 Å². The van der Waals surface area contributed by atoms with E-state index in [2.05, 4.69) is 11.6 Å². The van der Waals surface area contributed by atoms with Gasteiger partial charge < -0.3 is 9.88 Å². The second-order valence-corrected chi connectivity index (χ2v) is 6.59. The quantitative estimate of drug-likeness (QED) is 0.821. The fourth-order valence-corrected chi connectivity index (χ4v) is 3.20. The molecule has 2 heterocycles. The fourth-order valence-electron chi connectivity index (χ4n) is 2.10. The molecule has 0 radical (unpaired) electrons. The molecular weight excluding hydrogens is 320 g/mol. The number of rotatable bonds is 6. The summed E-state index contributed by atoms with van der Waals surface area (Å²) in [6, 6.07) is 6.76. The Morgan fingerprint density at radius 1 is 1.45 bits per heavy atom. The first-order chi connectivity index (χ1) is 10.5. The van der Waals surface area contributed by atoms with Gasteiger partial charge in [0.2, 0.25) is 5.56 Å². The van der Waals surface area contributed by atoms with Crippen molar-refractivity contribution in [3.05, 3.63) is 67.7 Å². The molecule has 0 bridgehead atoms. The van der Waals surface area contributed by atoms with Gasteiger partial charge in [-0.3, -0.25) is 9.59 Å². The fraction of sp³-hybridized carbons (Fsp3) is 0.250. The predicted octanol–water partition coefficient (Wildman–Crippen LogP) is 3.48. The monoisotopic (exact) mass is 336 g/mol. The van der Waals surface area contributed by atoms with Crippen LogP contribution in [0.4, 0.5) is 0 Å². The first-order valence-electron chi connectivity index (χ1n) is 6.91. The lowest BCUT2D eigenvalue weighted by Crippen LogP contribution is -2.31. The summed E-state index contributed by atoms with van der Waals surface area (Å²) in [5.74, 6) is -0.190. The van der Waals surface area contributed by atoms with Crippen molar-refractivity contribution in [2.45, 2.75) is 19.9 Å². The van der Waals surface area contributed by atoms with Gasteiger partial charge in [-0.1, -0.05) is 24.6 Å². The maximum absolute atomic E-state index is 12.7.